The van der Waals surface area contributed by atoms with Gasteiger partial charge in [-0.2, -0.15) is 0 Å². The van der Waals surface area contributed by atoms with Gasteiger partial charge < -0.3 is 16.4 Å². The lowest BCUT2D eigenvalue weighted by Crippen LogP contribution is -2.14. The number of nitrogens with two attached hydrogens (primary N) is 1. The Morgan fingerprint density at radius 3 is 2.48 bits per heavy atom. The number of fused-ring (bicyclic) bond motifs is 1. The molecular weight excluding hydrogens is 380 g/mol. The normalized spacial score (nSPS) is 11.3. The summed E-state index contributed by atoms with van der Waals surface area (Å²) in [5.41, 5.74) is 8.56. The van der Waals surface area contributed by atoms with Crippen LogP contribution in [-0.2, 0) is 6.54 Å². The maximum absolute atomic E-state index is 5.78. The van der Waals surface area contributed by atoms with Gasteiger partial charge in [-0.05, 0) is 61.5 Å². The van der Waals surface area contributed by atoms with E-state index in [0.717, 1.165) is 48.1 Å². The molecule has 0 aliphatic rings. The zero-order valence-electron chi connectivity index (χ0n) is 17.6. The average molecular weight is 413 g/mol. The lowest BCUT2D eigenvalue weighted by atomic mass is 10.0. The fourth-order valence-corrected chi connectivity index (χ4v) is 3.69. The molecule has 3 aromatic rings. The van der Waals surface area contributed by atoms with Gasteiger partial charge in [-0.25, -0.2) is 9.97 Å². The first kappa shape index (κ1) is 21.5. The highest BCUT2D eigenvalue weighted by Crippen LogP contribution is 2.25. The summed E-state index contributed by atoms with van der Waals surface area (Å²) in [7, 11) is 0. The summed E-state index contributed by atoms with van der Waals surface area (Å²) in [4.78, 5) is 10.9. The van der Waals surface area contributed by atoms with Gasteiger partial charge in [-0.3, -0.25) is 4.57 Å². The minimum atomic E-state index is 0.633. The number of hydrogen-bond acceptors (Lipinski definition) is 6. The summed E-state index contributed by atoms with van der Waals surface area (Å²) < 4.78 is 2.13. The molecule has 29 heavy (non-hydrogen) atoms. The van der Waals surface area contributed by atoms with Crippen molar-refractivity contribution in [2.75, 3.05) is 30.0 Å². The largest absolute Gasteiger partial charge is 0.370 e. The van der Waals surface area contributed by atoms with E-state index in [9.17, 15) is 0 Å². The molecule has 1 aromatic carbocycles. The van der Waals surface area contributed by atoms with Crippen LogP contribution in [0.5, 0.6) is 0 Å². The van der Waals surface area contributed by atoms with Crippen molar-refractivity contribution < 1.29 is 0 Å². The number of aryl methyl sites for hydroxylation is 1. The Hall–Kier alpha value is -2.25. The first-order valence-electron chi connectivity index (χ1n) is 10.4. The van der Waals surface area contributed by atoms with Crippen LogP contribution in [0.3, 0.4) is 0 Å². The molecule has 0 spiro atoms. The summed E-state index contributed by atoms with van der Waals surface area (Å²) in [5.74, 6) is 2.36. The van der Waals surface area contributed by atoms with Crippen LogP contribution in [0.25, 0.3) is 11.2 Å². The van der Waals surface area contributed by atoms with E-state index in [2.05, 4.69) is 59.6 Å². The number of anilines is 3. The molecule has 0 amide bonds. The highest BCUT2D eigenvalue weighted by molar-refractivity contribution is 7.98. The molecule has 0 saturated heterocycles. The van der Waals surface area contributed by atoms with Crippen LogP contribution in [0.15, 0.2) is 41.3 Å². The molecule has 0 aliphatic carbocycles. The molecule has 0 aliphatic heterocycles. The lowest BCUT2D eigenvalue weighted by Gasteiger charge is -2.14. The predicted molar refractivity (Wildman–Crippen MR) is 125 cm³/mol. The van der Waals surface area contributed by atoms with Gasteiger partial charge in [0.2, 0.25) is 5.95 Å². The number of benzene rings is 1. The molecule has 0 saturated carbocycles. The van der Waals surface area contributed by atoms with Gasteiger partial charge >= 0.3 is 0 Å². The van der Waals surface area contributed by atoms with Crippen LogP contribution in [-0.4, -0.2) is 33.9 Å². The van der Waals surface area contributed by atoms with Gasteiger partial charge in [0, 0.05) is 23.7 Å². The first-order valence-corrected chi connectivity index (χ1v) is 11.6. The van der Waals surface area contributed by atoms with Crippen LogP contribution < -0.4 is 16.4 Å². The summed E-state index contributed by atoms with van der Waals surface area (Å²) in [6.07, 6.45) is 5.29. The lowest BCUT2D eigenvalue weighted by molar-refractivity contribution is 0.518. The Morgan fingerprint density at radius 1 is 1.07 bits per heavy atom. The molecule has 0 unspecified atom stereocenters. The highest BCUT2D eigenvalue weighted by atomic mass is 32.2. The van der Waals surface area contributed by atoms with Gasteiger partial charge in [0.05, 0.1) is 0 Å². The van der Waals surface area contributed by atoms with Gasteiger partial charge in [-0.1, -0.05) is 26.7 Å². The third kappa shape index (κ3) is 5.42. The zero-order chi connectivity index (χ0) is 20.6. The quantitative estimate of drug-likeness (QED) is 0.381. The smallest absolute Gasteiger partial charge is 0.209 e. The molecule has 7 heteroatoms. The standard InChI is InChI=1S/C22H32N6S/c1-4-16(5-2)15-24-20-12-11-19-21(27-20)28(14-6-13-23)22(26-19)25-17-7-9-18(29-3)10-8-17/h7-12,16H,4-6,13-15,23H2,1-3H3,(H,24,27)(H,25,26). The van der Waals surface area contributed by atoms with Crippen molar-refractivity contribution in [2.45, 2.75) is 44.6 Å². The van der Waals surface area contributed by atoms with Gasteiger partial charge in [-0.15, -0.1) is 11.8 Å². The average Bonchev–Trinajstić information content (AvgIpc) is 3.09. The van der Waals surface area contributed by atoms with Crippen molar-refractivity contribution in [1.29, 1.82) is 0 Å². The molecule has 0 bridgehead atoms. The van der Waals surface area contributed by atoms with Crippen LogP contribution in [0.2, 0.25) is 0 Å². The minimum absolute atomic E-state index is 0.633. The summed E-state index contributed by atoms with van der Waals surface area (Å²) in [5, 5.41) is 6.95. The topological polar surface area (TPSA) is 80.8 Å². The molecule has 0 radical (unpaired) electrons. The Balaban J connectivity index is 1.87. The highest BCUT2D eigenvalue weighted by Gasteiger charge is 2.13. The van der Waals surface area contributed by atoms with E-state index in [1.807, 2.05) is 12.1 Å². The molecule has 0 fully saturated rings. The van der Waals surface area contributed by atoms with Crippen LogP contribution in [0, 0.1) is 5.92 Å². The number of imidazole rings is 1. The fourth-order valence-electron chi connectivity index (χ4n) is 3.29. The van der Waals surface area contributed by atoms with Crippen molar-refractivity contribution in [1.82, 2.24) is 14.5 Å². The van der Waals surface area contributed by atoms with Gasteiger partial charge in [0.15, 0.2) is 5.65 Å². The molecule has 156 valence electrons. The van der Waals surface area contributed by atoms with Crippen LogP contribution >= 0.6 is 11.8 Å². The summed E-state index contributed by atoms with van der Waals surface area (Å²) in [6, 6.07) is 12.4. The summed E-state index contributed by atoms with van der Waals surface area (Å²) >= 11 is 1.73. The van der Waals surface area contributed by atoms with E-state index in [-0.39, 0.29) is 0 Å². The van der Waals surface area contributed by atoms with Crippen molar-refractivity contribution in [3.63, 3.8) is 0 Å². The molecular formula is C22H32N6S. The summed E-state index contributed by atoms with van der Waals surface area (Å²) in [6.45, 7) is 6.82. The molecule has 2 aromatic heterocycles. The molecule has 4 N–H and O–H groups in total. The fraction of sp³-hybridized carbons (Fsp3) is 0.455. The van der Waals surface area contributed by atoms with Crippen molar-refractivity contribution in [3.8, 4) is 0 Å². The Labute approximate surface area is 177 Å². The maximum Gasteiger partial charge on any atom is 0.209 e. The third-order valence-electron chi connectivity index (χ3n) is 5.25. The third-order valence-corrected chi connectivity index (χ3v) is 5.99. The maximum atomic E-state index is 5.78. The molecule has 2 heterocycles. The van der Waals surface area contributed by atoms with Crippen LogP contribution in [0.4, 0.5) is 17.5 Å². The van der Waals surface area contributed by atoms with E-state index < -0.39 is 0 Å². The van der Waals surface area contributed by atoms with Crippen LogP contribution in [0.1, 0.15) is 33.1 Å². The van der Waals surface area contributed by atoms with Gasteiger partial charge in [0.1, 0.15) is 11.3 Å². The Kier molecular flexibility index (Phi) is 7.77. The molecule has 3 rings (SSSR count). The number of rotatable bonds is 11. The number of nitrogens with zero attached hydrogens (tertiary/aromatic N) is 3. The van der Waals surface area contributed by atoms with Crippen molar-refractivity contribution >= 4 is 40.4 Å². The van der Waals surface area contributed by atoms with E-state index in [0.29, 0.717) is 12.5 Å². The second-order valence-corrected chi connectivity index (χ2v) is 8.07. The van der Waals surface area contributed by atoms with Crippen molar-refractivity contribution in [2.24, 2.45) is 11.7 Å². The first-order chi connectivity index (χ1) is 14.2. The number of aromatic nitrogens is 3. The van der Waals surface area contributed by atoms with Gasteiger partial charge in [0.25, 0.3) is 0 Å². The van der Waals surface area contributed by atoms with E-state index >= 15 is 0 Å². The van der Waals surface area contributed by atoms with E-state index in [1.54, 1.807) is 11.8 Å². The molecule has 0 atom stereocenters. The number of pyridine rings is 1. The number of thioether (sulfide) groups is 1. The SMILES string of the molecule is CCC(CC)CNc1ccc2nc(Nc3ccc(SC)cc3)n(CCCN)c2n1. The molecule has 6 nitrogen and oxygen atoms in total. The second kappa shape index (κ2) is 10.5. The second-order valence-electron chi connectivity index (χ2n) is 7.19. The predicted octanol–water partition coefficient (Wildman–Crippen LogP) is 5.09. The number of hydrogen-bond donors (Lipinski definition) is 3. The Morgan fingerprint density at radius 2 is 1.83 bits per heavy atom. The Bertz CT molecular complexity index is 902. The van der Waals surface area contributed by atoms with E-state index in [4.69, 9.17) is 15.7 Å². The monoisotopic (exact) mass is 412 g/mol. The zero-order valence-corrected chi connectivity index (χ0v) is 18.4. The number of nitrogens with one attached hydrogen (secondary N) is 2. The minimum Gasteiger partial charge on any atom is -0.370 e. The van der Waals surface area contributed by atoms with Crippen molar-refractivity contribution in [3.05, 3.63) is 36.4 Å². The van der Waals surface area contributed by atoms with E-state index in [1.165, 1.54) is 17.7 Å².